The van der Waals surface area contributed by atoms with E-state index in [9.17, 15) is 0 Å². The average Bonchev–Trinajstić information content (AvgIpc) is 3.76. The van der Waals surface area contributed by atoms with E-state index in [4.69, 9.17) is 19.4 Å². The summed E-state index contributed by atoms with van der Waals surface area (Å²) in [4.78, 5) is 15.3. The summed E-state index contributed by atoms with van der Waals surface area (Å²) in [7, 11) is 0. The van der Waals surface area contributed by atoms with E-state index in [0.29, 0.717) is 17.5 Å². The molecule has 0 saturated heterocycles. The number of furan rings is 1. The molecule has 0 atom stereocenters. The molecule has 0 aliphatic heterocycles. The van der Waals surface area contributed by atoms with Gasteiger partial charge in [0.05, 0.1) is 0 Å². The topological polar surface area (TPSA) is 51.8 Å². The molecular formula is C45H27N3OS. The Labute approximate surface area is 292 Å². The van der Waals surface area contributed by atoms with Crippen molar-refractivity contribution >= 4 is 53.4 Å². The molecule has 3 aromatic heterocycles. The zero-order valence-electron chi connectivity index (χ0n) is 26.7. The van der Waals surface area contributed by atoms with E-state index in [1.54, 1.807) is 11.3 Å². The molecule has 0 bridgehead atoms. The third-order valence-corrected chi connectivity index (χ3v) is 10.6. The fourth-order valence-electron chi connectivity index (χ4n) is 6.85. The van der Waals surface area contributed by atoms with E-state index in [1.165, 1.54) is 26.6 Å². The summed E-state index contributed by atoms with van der Waals surface area (Å²) in [6.07, 6.45) is 0. The minimum Gasteiger partial charge on any atom is -0.456 e. The van der Waals surface area contributed by atoms with Gasteiger partial charge in [-0.2, -0.15) is 0 Å². The van der Waals surface area contributed by atoms with E-state index >= 15 is 0 Å². The molecule has 10 rings (SSSR count). The zero-order valence-corrected chi connectivity index (χ0v) is 27.6. The summed E-state index contributed by atoms with van der Waals surface area (Å²) in [6, 6.07) is 56.9. The maximum absolute atomic E-state index is 6.41. The Morgan fingerprint density at radius 2 is 0.960 bits per heavy atom. The van der Waals surface area contributed by atoms with Crippen molar-refractivity contribution < 1.29 is 4.42 Å². The summed E-state index contributed by atoms with van der Waals surface area (Å²) in [6.45, 7) is 0. The molecule has 7 aromatic carbocycles. The number of aromatic nitrogens is 3. The third kappa shape index (κ3) is 4.87. The fourth-order valence-corrected chi connectivity index (χ4v) is 8.06. The maximum Gasteiger partial charge on any atom is 0.165 e. The molecule has 0 radical (unpaired) electrons. The lowest BCUT2D eigenvalue weighted by atomic mass is 10.0. The summed E-state index contributed by atoms with van der Waals surface area (Å²) >= 11 is 1.77. The van der Waals surface area contributed by atoms with Crippen molar-refractivity contribution in [1.82, 2.24) is 15.0 Å². The van der Waals surface area contributed by atoms with Gasteiger partial charge in [-0.3, -0.25) is 0 Å². The predicted octanol–water partition coefficient (Wildman–Crippen LogP) is 12.5. The standard InChI is InChI=1S/C45H27N3OS/c1-3-10-28(11-4-1)30-18-20-31(21-19-30)43-46-44(48-45(47-43)37-16-9-15-36-35-14-7-8-17-41(35)50-42(36)37)33-22-24-34-38-26-32(29-12-5-2-6-13-29)23-25-39(38)49-40(34)27-33/h1-27H. The summed E-state index contributed by atoms with van der Waals surface area (Å²) < 4.78 is 8.82. The van der Waals surface area contributed by atoms with Gasteiger partial charge < -0.3 is 4.42 Å². The molecule has 5 heteroatoms. The Kier molecular flexibility index (Phi) is 6.64. The van der Waals surface area contributed by atoms with Crippen LogP contribution in [-0.4, -0.2) is 15.0 Å². The third-order valence-electron chi connectivity index (χ3n) is 9.37. The van der Waals surface area contributed by atoms with Crippen LogP contribution in [0.3, 0.4) is 0 Å². The first-order valence-electron chi connectivity index (χ1n) is 16.6. The minimum atomic E-state index is 0.600. The van der Waals surface area contributed by atoms with E-state index < -0.39 is 0 Å². The van der Waals surface area contributed by atoms with Crippen molar-refractivity contribution in [2.45, 2.75) is 0 Å². The monoisotopic (exact) mass is 657 g/mol. The van der Waals surface area contributed by atoms with Crippen LogP contribution in [0.25, 0.3) is 98.5 Å². The Balaban J connectivity index is 1.13. The number of thiophene rings is 1. The van der Waals surface area contributed by atoms with Crippen molar-refractivity contribution in [2.24, 2.45) is 0 Å². The van der Waals surface area contributed by atoms with Gasteiger partial charge in [-0.25, -0.2) is 15.0 Å². The first kappa shape index (κ1) is 28.6. The molecule has 0 spiro atoms. The molecule has 0 saturated carbocycles. The number of rotatable bonds is 5. The molecule has 0 amide bonds. The van der Waals surface area contributed by atoms with E-state index in [2.05, 4.69) is 152 Å². The molecule has 0 fully saturated rings. The van der Waals surface area contributed by atoms with Crippen LogP contribution >= 0.6 is 11.3 Å². The van der Waals surface area contributed by atoms with Crippen LogP contribution in [0.1, 0.15) is 0 Å². The van der Waals surface area contributed by atoms with Crippen LogP contribution in [0.2, 0.25) is 0 Å². The lowest BCUT2D eigenvalue weighted by molar-refractivity contribution is 0.669. The van der Waals surface area contributed by atoms with Crippen LogP contribution in [0.15, 0.2) is 168 Å². The zero-order chi connectivity index (χ0) is 33.0. The summed E-state index contributed by atoms with van der Waals surface area (Å²) in [5.41, 5.74) is 9.08. The number of hydrogen-bond donors (Lipinski definition) is 0. The molecule has 3 heterocycles. The second-order valence-corrected chi connectivity index (χ2v) is 13.5. The van der Waals surface area contributed by atoms with Crippen LogP contribution in [0.4, 0.5) is 0 Å². The molecule has 0 N–H and O–H groups in total. The molecular weight excluding hydrogens is 631 g/mol. The molecule has 0 aliphatic carbocycles. The predicted molar refractivity (Wildman–Crippen MR) is 207 cm³/mol. The average molecular weight is 658 g/mol. The van der Waals surface area contributed by atoms with Gasteiger partial charge in [0, 0.05) is 47.6 Å². The first-order chi connectivity index (χ1) is 24.7. The van der Waals surface area contributed by atoms with E-state index in [0.717, 1.165) is 54.5 Å². The second-order valence-electron chi connectivity index (χ2n) is 12.4. The van der Waals surface area contributed by atoms with Gasteiger partial charge in [0.1, 0.15) is 11.2 Å². The maximum atomic E-state index is 6.41. The second kappa shape index (κ2) is 11.6. The number of fused-ring (bicyclic) bond motifs is 6. The number of nitrogens with zero attached hydrogens (tertiary/aromatic N) is 3. The molecule has 0 aliphatic rings. The number of benzene rings is 7. The normalized spacial score (nSPS) is 11.6. The van der Waals surface area contributed by atoms with Crippen molar-refractivity contribution in [3.8, 4) is 56.4 Å². The SMILES string of the molecule is c1ccc(-c2ccc(-c3nc(-c4ccc5c(c4)oc4ccc(-c6ccccc6)cc45)nc(-c4cccc5c4sc4ccccc45)n3)cc2)cc1. The smallest absolute Gasteiger partial charge is 0.165 e. The van der Waals surface area contributed by atoms with Crippen molar-refractivity contribution in [3.05, 3.63) is 164 Å². The Bertz CT molecular complexity index is 2860. The molecule has 50 heavy (non-hydrogen) atoms. The Morgan fingerprint density at radius 1 is 0.360 bits per heavy atom. The molecule has 0 unspecified atom stereocenters. The van der Waals surface area contributed by atoms with E-state index in [-0.39, 0.29) is 0 Å². The van der Waals surface area contributed by atoms with Crippen LogP contribution < -0.4 is 0 Å². The van der Waals surface area contributed by atoms with Gasteiger partial charge >= 0.3 is 0 Å². The quantitative estimate of drug-likeness (QED) is 0.185. The van der Waals surface area contributed by atoms with Crippen LogP contribution in [-0.2, 0) is 0 Å². The molecule has 234 valence electrons. The van der Waals surface area contributed by atoms with Gasteiger partial charge in [-0.05, 0) is 58.7 Å². The highest BCUT2D eigenvalue weighted by Crippen LogP contribution is 2.40. The van der Waals surface area contributed by atoms with E-state index in [1.807, 2.05) is 12.1 Å². The van der Waals surface area contributed by atoms with Crippen LogP contribution in [0.5, 0.6) is 0 Å². The van der Waals surface area contributed by atoms with Crippen molar-refractivity contribution in [2.75, 3.05) is 0 Å². The molecule has 10 aromatic rings. The van der Waals surface area contributed by atoms with Crippen LogP contribution in [0, 0.1) is 0 Å². The van der Waals surface area contributed by atoms with Gasteiger partial charge in [0.25, 0.3) is 0 Å². The largest absolute Gasteiger partial charge is 0.456 e. The lowest BCUT2D eigenvalue weighted by Crippen LogP contribution is -2.00. The van der Waals surface area contributed by atoms with Crippen molar-refractivity contribution in [3.63, 3.8) is 0 Å². The Morgan fingerprint density at radius 3 is 1.76 bits per heavy atom. The minimum absolute atomic E-state index is 0.600. The van der Waals surface area contributed by atoms with Gasteiger partial charge in [-0.15, -0.1) is 11.3 Å². The van der Waals surface area contributed by atoms with Crippen molar-refractivity contribution in [1.29, 1.82) is 0 Å². The number of hydrogen-bond acceptors (Lipinski definition) is 5. The van der Waals surface area contributed by atoms with Gasteiger partial charge in [0.15, 0.2) is 17.5 Å². The highest BCUT2D eigenvalue weighted by molar-refractivity contribution is 7.26. The Hall–Kier alpha value is -6.43. The highest BCUT2D eigenvalue weighted by Gasteiger charge is 2.18. The molecule has 4 nitrogen and oxygen atoms in total. The lowest BCUT2D eigenvalue weighted by Gasteiger charge is -2.10. The summed E-state index contributed by atoms with van der Waals surface area (Å²) in [5.74, 6) is 1.87. The first-order valence-corrected chi connectivity index (χ1v) is 17.4. The van der Waals surface area contributed by atoms with Gasteiger partial charge in [0.2, 0.25) is 0 Å². The highest BCUT2D eigenvalue weighted by atomic mass is 32.1. The summed E-state index contributed by atoms with van der Waals surface area (Å²) in [5, 5.41) is 4.59. The fraction of sp³-hybridized carbons (Fsp3) is 0. The van der Waals surface area contributed by atoms with Gasteiger partial charge in [-0.1, -0.05) is 127 Å².